The lowest BCUT2D eigenvalue weighted by atomic mass is 9.98. The molecular weight excluding hydrogens is 220 g/mol. The van der Waals surface area contributed by atoms with Gasteiger partial charge in [0, 0.05) is 6.61 Å². The van der Waals surface area contributed by atoms with Gasteiger partial charge in [0.25, 0.3) is 0 Å². The molecule has 18 heavy (non-hydrogen) atoms. The fourth-order valence-corrected chi connectivity index (χ4v) is 2.78. The Hall–Kier alpha value is -0.820. The third-order valence-electron chi connectivity index (χ3n) is 3.85. The standard InChI is InChI=1S/C17H26O/c1-15-8-7-10-16(14-15)9-5-6-13-18-17-11-3-2-4-12-17/h7-8,10,14,17H,2-6,9,11-13H2,1H3. The van der Waals surface area contributed by atoms with Crippen LogP contribution in [0.1, 0.15) is 56.1 Å². The summed E-state index contributed by atoms with van der Waals surface area (Å²) in [5.74, 6) is 0. The fraction of sp³-hybridized carbons (Fsp3) is 0.647. The first-order chi connectivity index (χ1) is 8.84. The molecule has 1 heteroatoms. The minimum Gasteiger partial charge on any atom is -0.378 e. The summed E-state index contributed by atoms with van der Waals surface area (Å²) in [6, 6.07) is 8.84. The van der Waals surface area contributed by atoms with Gasteiger partial charge in [0.1, 0.15) is 0 Å². The number of ether oxygens (including phenoxy) is 1. The maximum absolute atomic E-state index is 5.94. The Morgan fingerprint density at radius 1 is 1.11 bits per heavy atom. The van der Waals surface area contributed by atoms with Crippen LogP contribution in [-0.2, 0) is 11.2 Å². The monoisotopic (exact) mass is 246 g/mol. The van der Waals surface area contributed by atoms with E-state index in [2.05, 4.69) is 31.2 Å². The van der Waals surface area contributed by atoms with Crippen LogP contribution < -0.4 is 0 Å². The van der Waals surface area contributed by atoms with E-state index in [1.807, 2.05) is 0 Å². The molecular formula is C17H26O. The third kappa shape index (κ3) is 4.81. The normalized spacial score (nSPS) is 16.9. The molecule has 0 aliphatic heterocycles. The number of benzene rings is 1. The van der Waals surface area contributed by atoms with Crippen molar-refractivity contribution in [1.29, 1.82) is 0 Å². The van der Waals surface area contributed by atoms with Crippen LogP contribution in [-0.4, -0.2) is 12.7 Å². The van der Waals surface area contributed by atoms with Gasteiger partial charge in [-0.3, -0.25) is 0 Å². The molecule has 0 bridgehead atoms. The highest BCUT2D eigenvalue weighted by atomic mass is 16.5. The van der Waals surface area contributed by atoms with Gasteiger partial charge in [0.15, 0.2) is 0 Å². The summed E-state index contributed by atoms with van der Waals surface area (Å²) in [7, 11) is 0. The van der Waals surface area contributed by atoms with Gasteiger partial charge in [-0.15, -0.1) is 0 Å². The molecule has 100 valence electrons. The maximum atomic E-state index is 5.94. The molecule has 0 unspecified atom stereocenters. The minimum atomic E-state index is 0.567. The second-order valence-corrected chi connectivity index (χ2v) is 5.58. The van der Waals surface area contributed by atoms with Crippen LogP contribution in [0.2, 0.25) is 0 Å². The van der Waals surface area contributed by atoms with Crippen molar-refractivity contribution in [1.82, 2.24) is 0 Å². The van der Waals surface area contributed by atoms with E-state index in [0.29, 0.717) is 6.10 Å². The molecule has 2 rings (SSSR count). The lowest BCUT2D eigenvalue weighted by Crippen LogP contribution is -2.17. The van der Waals surface area contributed by atoms with Gasteiger partial charge in [-0.05, 0) is 44.6 Å². The Labute approximate surface area is 112 Å². The van der Waals surface area contributed by atoms with Crippen LogP contribution in [0.4, 0.5) is 0 Å². The molecule has 0 spiro atoms. The zero-order chi connectivity index (χ0) is 12.6. The van der Waals surface area contributed by atoms with Crippen molar-refractivity contribution in [3.63, 3.8) is 0 Å². The smallest absolute Gasteiger partial charge is 0.0575 e. The van der Waals surface area contributed by atoms with Crippen molar-refractivity contribution in [2.75, 3.05) is 6.61 Å². The first-order valence-electron chi connectivity index (χ1n) is 7.52. The van der Waals surface area contributed by atoms with Gasteiger partial charge in [0.2, 0.25) is 0 Å². The number of unbranched alkanes of at least 4 members (excludes halogenated alkanes) is 1. The van der Waals surface area contributed by atoms with E-state index in [1.54, 1.807) is 0 Å². The summed E-state index contributed by atoms with van der Waals surface area (Å²) in [5.41, 5.74) is 2.83. The summed E-state index contributed by atoms with van der Waals surface area (Å²) in [4.78, 5) is 0. The largest absolute Gasteiger partial charge is 0.378 e. The van der Waals surface area contributed by atoms with E-state index in [0.717, 1.165) is 6.61 Å². The van der Waals surface area contributed by atoms with Crippen LogP contribution in [0.25, 0.3) is 0 Å². The number of hydrogen-bond acceptors (Lipinski definition) is 1. The van der Waals surface area contributed by atoms with Crippen LogP contribution in [0.15, 0.2) is 24.3 Å². The molecule has 0 radical (unpaired) electrons. The van der Waals surface area contributed by atoms with E-state index in [-0.39, 0.29) is 0 Å². The van der Waals surface area contributed by atoms with Crippen LogP contribution in [0.3, 0.4) is 0 Å². The highest BCUT2D eigenvalue weighted by Gasteiger charge is 2.12. The summed E-state index contributed by atoms with van der Waals surface area (Å²) in [5, 5.41) is 0. The molecule has 1 aliphatic rings. The number of rotatable bonds is 6. The van der Waals surface area contributed by atoms with Crippen molar-refractivity contribution in [3.05, 3.63) is 35.4 Å². The highest BCUT2D eigenvalue weighted by molar-refractivity contribution is 5.22. The van der Waals surface area contributed by atoms with E-state index in [9.17, 15) is 0 Å². The van der Waals surface area contributed by atoms with E-state index < -0.39 is 0 Å². The number of aryl methyl sites for hydroxylation is 2. The topological polar surface area (TPSA) is 9.23 Å². The SMILES string of the molecule is Cc1cccc(CCCCOC2CCCCC2)c1. The Balaban J connectivity index is 1.55. The van der Waals surface area contributed by atoms with Gasteiger partial charge >= 0.3 is 0 Å². The van der Waals surface area contributed by atoms with E-state index >= 15 is 0 Å². The van der Waals surface area contributed by atoms with Crippen molar-refractivity contribution in [2.24, 2.45) is 0 Å². The third-order valence-corrected chi connectivity index (χ3v) is 3.85. The summed E-state index contributed by atoms with van der Waals surface area (Å²) in [6.07, 6.45) is 10.9. The molecule has 1 nitrogen and oxygen atoms in total. The highest BCUT2D eigenvalue weighted by Crippen LogP contribution is 2.20. The Kier molecular flexibility index (Phi) is 5.73. The van der Waals surface area contributed by atoms with Crippen LogP contribution in [0, 0.1) is 6.92 Å². The van der Waals surface area contributed by atoms with Gasteiger partial charge in [-0.1, -0.05) is 49.1 Å². The summed E-state index contributed by atoms with van der Waals surface area (Å²) in [6.45, 7) is 3.12. The predicted octanol–water partition coefficient (Wildman–Crippen LogP) is 4.67. The Bertz CT molecular complexity index is 339. The van der Waals surface area contributed by atoms with Crippen molar-refractivity contribution >= 4 is 0 Å². The Morgan fingerprint density at radius 3 is 2.72 bits per heavy atom. The zero-order valence-corrected chi connectivity index (χ0v) is 11.7. The van der Waals surface area contributed by atoms with Gasteiger partial charge in [0.05, 0.1) is 6.10 Å². The molecule has 0 aromatic heterocycles. The second kappa shape index (κ2) is 7.58. The van der Waals surface area contributed by atoms with Crippen LogP contribution >= 0.6 is 0 Å². The molecule has 1 aromatic carbocycles. The molecule has 0 heterocycles. The average molecular weight is 246 g/mol. The van der Waals surface area contributed by atoms with Gasteiger partial charge in [-0.25, -0.2) is 0 Å². The number of hydrogen-bond donors (Lipinski definition) is 0. The molecule has 1 aliphatic carbocycles. The van der Waals surface area contributed by atoms with Crippen LogP contribution in [0.5, 0.6) is 0 Å². The molecule has 0 N–H and O–H groups in total. The first-order valence-corrected chi connectivity index (χ1v) is 7.52. The summed E-state index contributed by atoms with van der Waals surface area (Å²) < 4.78 is 5.94. The molecule has 0 amide bonds. The van der Waals surface area contributed by atoms with Crippen molar-refractivity contribution < 1.29 is 4.74 Å². The maximum Gasteiger partial charge on any atom is 0.0575 e. The lowest BCUT2D eigenvalue weighted by molar-refractivity contribution is 0.0265. The molecule has 1 fully saturated rings. The fourth-order valence-electron chi connectivity index (χ4n) is 2.78. The zero-order valence-electron chi connectivity index (χ0n) is 11.7. The minimum absolute atomic E-state index is 0.567. The van der Waals surface area contributed by atoms with Crippen molar-refractivity contribution in [3.8, 4) is 0 Å². The first kappa shape index (κ1) is 13.6. The molecule has 0 atom stereocenters. The molecule has 1 saturated carbocycles. The summed E-state index contributed by atoms with van der Waals surface area (Å²) >= 11 is 0. The molecule has 0 saturated heterocycles. The van der Waals surface area contributed by atoms with Gasteiger partial charge < -0.3 is 4.74 Å². The molecule has 1 aromatic rings. The average Bonchev–Trinajstić information content (AvgIpc) is 2.40. The Morgan fingerprint density at radius 2 is 1.94 bits per heavy atom. The second-order valence-electron chi connectivity index (χ2n) is 5.58. The predicted molar refractivity (Wildman–Crippen MR) is 76.9 cm³/mol. The van der Waals surface area contributed by atoms with E-state index in [1.165, 1.54) is 62.5 Å². The lowest BCUT2D eigenvalue weighted by Gasteiger charge is -2.21. The van der Waals surface area contributed by atoms with E-state index in [4.69, 9.17) is 4.74 Å². The quantitative estimate of drug-likeness (QED) is 0.663. The van der Waals surface area contributed by atoms with Crippen molar-refractivity contribution in [2.45, 2.75) is 64.4 Å². The van der Waals surface area contributed by atoms with Gasteiger partial charge in [-0.2, -0.15) is 0 Å².